The van der Waals surface area contributed by atoms with E-state index < -0.39 is 0 Å². The molecule has 2 aliphatic rings. The van der Waals surface area contributed by atoms with Crippen molar-refractivity contribution in [3.63, 3.8) is 0 Å². The summed E-state index contributed by atoms with van der Waals surface area (Å²) in [4.78, 5) is 19.1. The van der Waals surface area contributed by atoms with Gasteiger partial charge in [-0.05, 0) is 30.0 Å². The minimum absolute atomic E-state index is 0.102. The van der Waals surface area contributed by atoms with E-state index in [1.165, 1.54) is 32.1 Å². The Morgan fingerprint density at radius 2 is 2.00 bits per heavy atom. The smallest absolute Gasteiger partial charge is 0.249 e. The van der Waals surface area contributed by atoms with Crippen molar-refractivity contribution in [3.8, 4) is 22.8 Å². The lowest BCUT2D eigenvalue weighted by Crippen LogP contribution is -2.46. The van der Waals surface area contributed by atoms with E-state index in [2.05, 4.69) is 31.0 Å². The van der Waals surface area contributed by atoms with E-state index in [4.69, 9.17) is 0 Å². The van der Waals surface area contributed by atoms with E-state index in [-0.39, 0.29) is 12.5 Å². The highest BCUT2D eigenvalue weighted by atomic mass is 16.2. The Bertz CT molecular complexity index is 974. The molecule has 0 saturated heterocycles. The average molecular weight is 378 g/mol. The van der Waals surface area contributed by atoms with Crippen molar-refractivity contribution in [2.24, 2.45) is 5.92 Å². The van der Waals surface area contributed by atoms with Crippen LogP contribution in [0.4, 0.5) is 5.82 Å². The quantitative estimate of drug-likeness (QED) is 0.721. The number of benzene rings is 1. The number of rotatable bonds is 4. The number of aromatic amines is 1. The third-order valence-corrected chi connectivity index (χ3v) is 5.60. The number of fused-ring (bicyclic) bond motifs is 1. The van der Waals surface area contributed by atoms with Gasteiger partial charge in [0.2, 0.25) is 11.7 Å². The second kappa shape index (κ2) is 7.06. The molecule has 1 fully saturated rings. The fraction of sp³-hybridized carbons (Fsp3) is 0.421. The Balaban J connectivity index is 1.46. The van der Waals surface area contributed by atoms with Crippen LogP contribution in [0, 0.1) is 5.92 Å². The monoisotopic (exact) mass is 378 g/mol. The molecule has 1 saturated carbocycles. The lowest BCUT2D eigenvalue weighted by Gasteiger charge is -2.33. The first-order valence-corrected chi connectivity index (χ1v) is 9.76. The van der Waals surface area contributed by atoms with Gasteiger partial charge < -0.3 is 5.43 Å². The number of imidazole rings is 1. The minimum atomic E-state index is 0.102. The molecule has 3 heterocycles. The van der Waals surface area contributed by atoms with Gasteiger partial charge in [0, 0.05) is 17.7 Å². The summed E-state index contributed by atoms with van der Waals surface area (Å²) in [6, 6.07) is 7.84. The van der Waals surface area contributed by atoms with Crippen LogP contribution in [0.1, 0.15) is 32.1 Å². The summed E-state index contributed by atoms with van der Waals surface area (Å²) in [5, 5.41) is 14.2. The van der Waals surface area contributed by atoms with Gasteiger partial charge in [-0.25, -0.2) is 9.66 Å². The van der Waals surface area contributed by atoms with Crippen LogP contribution in [0.15, 0.2) is 30.5 Å². The predicted molar refractivity (Wildman–Crippen MR) is 104 cm³/mol. The largest absolute Gasteiger partial charge is 0.313 e. The molecule has 1 aliphatic heterocycles. The minimum Gasteiger partial charge on any atom is -0.313 e. The lowest BCUT2D eigenvalue weighted by atomic mass is 9.89. The molecule has 0 spiro atoms. The van der Waals surface area contributed by atoms with Crippen LogP contribution >= 0.6 is 0 Å². The van der Waals surface area contributed by atoms with Crippen molar-refractivity contribution >= 4 is 11.7 Å². The van der Waals surface area contributed by atoms with Gasteiger partial charge in [-0.15, -0.1) is 10.2 Å². The highest BCUT2D eigenvalue weighted by molar-refractivity contribution is 5.96. The van der Waals surface area contributed by atoms with Crippen molar-refractivity contribution in [1.82, 2.24) is 30.3 Å². The number of H-pyrrole nitrogens is 1. The van der Waals surface area contributed by atoms with Crippen LogP contribution < -0.4 is 10.3 Å². The van der Waals surface area contributed by atoms with Gasteiger partial charge in [0.1, 0.15) is 6.54 Å². The van der Waals surface area contributed by atoms with Crippen LogP contribution in [0.2, 0.25) is 0 Å². The molecule has 1 aromatic carbocycles. The van der Waals surface area contributed by atoms with Gasteiger partial charge >= 0.3 is 0 Å². The third-order valence-electron chi connectivity index (χ3n) is 5.60. The topological polar surface area (TPSA) is 105 Å². The van der Waals surface area contributed by atoms with Crippen molar-refractivity contribution in [2.75, 3.05) is 23.4 Å². The van der Waals surface area contributed by atoms with Gasteiger partial charge in [0.15, 0.2) is 11.6 Å². The van der Waals surface area contributed by atoms with Crippen molar-refractivity contribution < 1.29 is 4.79 Å². The fourth-order valence-electron chi connectivity index (χ4n) is 4.17. The normalized spacial score (nSPS) is 17.4. The van der Waals surface area contributed by atoms with Gasteiger partial charge in [0.05, 0.1) is 6.20 Å². The zero-order chi connectivity index (χ0) is 18.9. The van der Waals surface area contributed by atoms with Crippen molar-refractivity contribution in [2.45, 2.75) is 32.1 Å². The molecule has 28 heavy (non-hydrogen) atoms. The summed E-state index contributed by atoms with van der Waals surface area (Å²) in [6.45, 7) is 1.04. The number of nitrogens with one attached hydrogen (secondary N) is 2. The molecule has 3 aromatic rings. The zero-order valence-electron chi connectivity index (χ0n) is 15.5. The number of carbonyl (C=O) groups excluding carboxylic acids is 1. The first-order valence-electron chi connectivity index (χ1n) is 9.76. The summed E-state index contributed by atoms with van der Waals surface area (Å²) in [5.41, 5.74) is 4.97. The van der Waals surface area contributed by atoms with Crippen LogP contribution in [0.5, 0.6) is 0 Å². The van der Waals surface area contributed by atoms with E-state index in [0.29, 0.717) is 11.7 Å². The molecule has 0 radical (unpaired) electrons. The Labute approximate surface area is 162 Å². The number of amides is 1. The number of hydrogen-bond acceptors (Lipinski definition) is 6. The van der Waals surface area contributed by atoms with Crippen LogP contribution in [-0.2, 0) is 4.79 Å². The number of aromatic nitrogens is 6. The number of hydrogen-bond donors (Lipinski definition) is 2. The Morgan fingerprint density at radius 1 is 1.14 bits per heavy atom. The van der Waals surface area contributed by atoms with Crippen LogP contribution in [-0.4, -0.2) is 49.3 Å². The molecule has 9 heteroatoms. The standard InChI is InChI=1S/C19H22N8O/c28-17-11-21-27-16(26(17)12-13-5-2-1-3-6-13)10-20-19(27)15-8-4-7-14(9-15)18-22-24-25-23-18/h4,7-10,13,21H,1-3,5-6,11-12H2,(H,22,23,24,25). The summed E-state index contributed by atoms with van der Waals surface area (Å²) >= 11 is 0. The van der Waals surface area contributed by atoms with Crippen molar-refractivity contribution in [1.29, 1.82) is 0 Å². The second-order valence-corrected chi connectivity index (χ2v) is 7.43. The number of carbonyl (C=O) groups is 1. The maximum atomic E-state index is 12.6. The summed E-state index contributed by atoms with van der Waals surface area (Å²) in [5.74, 6) is 2.78. The SMILES string of the molecule is O=C1CNn2c(cnc2-c2cccc(-c3nn[nH]n3)c2)N1CC1CCCCC1. The molecule has 1 amide bonds. The average Bonchev–Trinajstić information content (AvgIpc) is 3.41. The molecule has 144 valence electrons. The maximum absolute atomic E-state index is 12.6. The highest BCUT2D eigenvalue weighted by Crippen LogP contribution is 2.31. The van der Waals surface area contributed by atoms with E-state index in [9.17, 15) is 4.79 Å². The molecule has 1 aliphatic carbocycles. The molecule has 9 nitrogen and oxygen atoms in total. The first-order chi connectivity index (χ1) is 13.8. The van der Waals surface area contributed by atoms with Gasteiger partial charge in [0.25, 0.3) is 0 Å². The van der Waals surface area contributed by atoms with E-state index in [0.717, 1.165) is 29.3 Å². The molecule has 0 atom stereocenters. The number of anilines is 1. The third kappa shape index (κ3) is 3.02. The number of nitrogens with zero attached hydrogens (tertiary/aromatic N) is 6. The predicted octanol–water partition coefficient (Wildman–Crippen LogP) is 2.20. The Hall–Kier alpha value is -3.23. The highest BCUT2D eigenvalue weighted by Gasteiger charge is 2.29. The van der Waals surface area contributed by atoms with Gasteiger partial charge in [-0.2, -0.15) is 5.21 Å². The second-order valence-electron chi connectivity index (χ2n) is 7.43. The van der Waals surface area contributed by atoms with Crippen LogP contribution in [0.3, 0.4) is 0 Å². The summed E-state index contributed by atoms with van der Waals surface area (Å²) < 4.78 is 1.92. The number of tetrazole rings is 1. The first kappa shape index (κ1) is 16.9. The summed E-state index contributed by atoms with van der Waals surface area (Å²) in [7, 11) is 0. The Kier molecular flexibility index (Phi) is 4.27. The molecular formula is C19H22N8O. The Morgan fingerprint density at radius 3 is 2.82 bits per heavy atom. The molecule has 2 N–H and O–H groups in total. The molecule has 0 unspecified atom stereocenters. The van der Waals surface area contributed by atoms with E-state index in [1.807, 2.05) is 33.8 Å². The zero-order valence-corrected chi connectivity index (χ0v) is 15.5. The molecule has 5 rings (SSSR count). The lowest BCUT2D eigenvalue weighted by molar-refractivity contribution is -0.117. The summed E-state index contributed by atoms with van der Waals surface area (Å²) in [6.07, 6.45) is 8.01. The fourth-order valence-corrected chi connectivity index (χ4v) is 4.17. The van der Waals surface area contributed by atoms with E-state index in [1.54, 1.807) is 6.20 Å². The van der Waals surface area contributed by atoms with Gasteiger partial charge in [-0.3, -0.25) is 9.69 Å². The molecule has 0 bridgehead atoms. The molecule has 2 aromatic heterocycles. The maximum Gasteiger partial charge on any atom is 0.249 e. The van der Waals surface area contributed by atoms with E-state index >= 15 is 0 Å². The van der Waals surface area contributed by atoms with Gasteiger partial charge in [-0.1, -0.05) is 37.5 Å². The van der Waals surface area contributed by atoms with Crippen LogP contribution in [0.25, 0.3) is 22.8 Å². The van der Waals surface area contributed by atoms with Crippen molar-refractivity contribution in [3.05, 3.63) is 30.5 Å². The molecular weight excluding hydrogens is 356 g/mol.